The first-order valence-corrected chi connectivity index (χ1v) is 6.36. The van der Waals surface area contributed by atoms with Crippen molar-refractivity contribution < 1.29 is 9.53 Å². The van der Waals surface area contributed by atoms with Crippen LogP contribution in [0.15, 0.2) is 18.2 Å². The Hall–Kier alpha value is -1.59. The van der Waals surface area contributed by atoms with Crippen molar-refractivity contribution in [3.05, 3.63) is 23.8 Å². The van der Waals surface area contributed by atoms with Gasteiger partial charge >= 0.3 is 0 Å². The Bertz CT molecular complexity index is 421. The molecule has 0 aliphatic carbocycles. The third-order valence-electron chi connectivity index (χ3n) is 2.84. The van der Waals surface area contributed by atoms with Gasteiger partial charge in [0.05, 0.1) is 6.54 Å². The molecule has 3 N–H and O–H groups in total. The number of hydrogen-bond acceptors (Lipinski definition) is 4. The van der Waals surface area contributed by atoms with Gasteiger partial charge in [-0.15, -0.1) is 0 Å². The molecule has 0 spiro atoms. The van der Waals surface area contributed by atoms with Gasteiger partial charge in [-0.25, -0.2) is 0 Å². The normalized spacial score (nSPS) is 10.7. The summed E-state index contributed by atoms with van der Waals surface area (Å²) in [5.74, 6) is -0.0337. The molecule has 0 radical (unpaired) electrons. The molecule has 1 rings (SSSR count). The zero-order valence-electron chi connectivity index (χ0n) is 11.9. The predicted molar refractivity (Wildman–Crippen MR) is 78.2 cm³/mol. The van der Waals surface area contributed by atoms with E-state index in [0.29, 0.717) is 18.8 Å². The molecular formula is C14H23N3O2. The van der Waals surface area contributed by atoms with Crippen LogP contribution in [0, 0.1) is 6.92 Å². The standard InChI is InChI=1S/C14H23N3O2/c1-11-5-6-12(15)9-13(11)16-14(18)10-17(2)7-4-8-19-3/h5-6,9H,4,7-8,10,15H2,1-3H3,(H,16,18). The number of methoxy groups -OCH3 is 1. The highest BCUT2D eigenvalue weighted by Crippen LogP contribution is 2.17. The van der Waals surface area contributed by atoms with E-state index in [-0.39, 0.29) is 5.91 Å². The number of hydrogen-bond donors (Lipinski definition) is 2. The van der Waals surface area contributed by atoms with Crippen LogP contribution in [0.1, 0.15) is 12.0 Å². The van der Waals surface area contributed by atoms with Crippen LogP contribution >= 0.6 is 0 Å². The molecule has 0 aliphatic heterocycles. The summed E-state index contributed by atoms with van der Waals surface area (Å²) >= 11 is 0. The molecule has 0 bridgehead atoms. The van der Waals surface area contributed by atoms with Crippen molar-refractivity contribution in [3.63, 3.8) is 0 Å². The lowest BCUT2D eigenvalue weighted by Crippen LogP contribution is -2.31. The first-order chi connectivity index (χ1) is 9.02. The second-order valence-corrected chi connectivity index (χ2v) is 4.71. The van der Waals surface area contributed by atoms with Crippen molar-refractivity contribution in [1.82, 2.24) is 4.90 Å². The van der Waals surface area contributed by atoms with E-state index in [1.54, 1.807) is 13.2 Å². The minimum absolute atomic E-state index is 0.0337. The number of nitrogens with two attached hydrogens (primary N) is 1. The summed E-state index contributed by atoms with van der Waals surface area (Å²) in [5.41, 5.74) is 8.14. The van der Waals surface area contributed by atoms with E-state index in [1.807, 2.05) is 31.0 Å². The number of carbonyl (C=O) groups excluding carboxylic acids is 1. The molecule has 19 heavy (non-hydrogen) atoms. The van der Waals surface area contributed by atoms with E-state index in [2.05, 4.69) is 5.32 Å². The Labute approximate surface area is 114 Å². The molecule has 0 fully saturated rings. The molecule has 0 atom stereocenters. The number of rotatable bonds is 7. The highest BCUT2D eigenvalue weighted by molar-refractivity contribution is 5.93. The van der Waals surface area contributed by atoms with Crippen LogP contribution < -0.4 is 11.1 Å². The van der Waals surface area contributed by atoms with Crippen molar-refractivity contribution in [1.29, 1.82) is 0 Å². The van der Waals surface area contributed by atoms with Gasteiger partial charge in [-0.1, -0.05) is 6.07 Å². The van der Waals surface area contributed by atoms with Crippen molar-refractivity contribution in [3.8, 4) is 0 Å². The van der Waals surface area contributed by atoms with E-state index in [4.69, 9.17) is 10.5 Å². The monoisotopic (exact) mass is 265 g/mol. The third-order valence-corrected chi connectivity index (χ3v) is 2.84. The minimum Gasteiger partial charge on any atom is -0.399 e. The summed E-state index contributed by atoms with van der Waals surface area (Å²) in [6, 6.07) is 5.49. The fraction of sp³-hybridized carbons (Fsp3) is 0.500. The van der Waals surface area contributed by atoms with Crippen LogP contribution in [0.25, 0.3) is 0 Å². The topological polar surface area (TPSA) is 67.6 Å². The number of nitrogens with one attached hydrogen (secondary N) is 1. The van der Waals surface area contributed by atoms with E-state index in [0.717, 1.165) is 24.2 Å². The van der Waals surface area contributed by atoms with Gasteiger partial charge in [0, 0.05) is 31.6 Å². The predicted octanol–water partition coefficient (Wildman–Crippen LogP) is 1.48. The summed E-state index contributed by atoms with van der Waals surface area (Å²) in [6.45, 7) is 3.84. The Morgan fingerprint density at radius 1 is 1.47 bits per heavy atom. The Kier molecular flexibility index (Phi) is 6.32. The van der Waals surface area contributed by atoms with Gasteiger partial charge in [-0.05, 0) is 38.1 Å². The molecule has 0 unspecified atom stereocenters. The zero-order valence-corrected chi connectivity index (χ0v) is 11.9. The van der Waals surface area contributed by atoms with Crippen molar-refractivity contribution in [2.75, 3.05) is 44.9 Å². The quantitative estimate of drug-likeness (QED) is 0.579. The van der Waals surface area contributed by atoms with Crippen molar-refractivity contribution in [2.24, 2.45) is 0 Å². The first kappa shape index (κ1) is 15.5. The van der Waals surface area contributed by atoms with E-state index in [9.17, 15) is 4.79 Å². The Morgan fingerprint density at radius 3 is 2.89 bits per heavy atom. The van der Waals surface area contributed by atoms with Crippen LogP contribution in [0.4, 0.5) is 11.4 Å². The van der Waals surface area contributed by atoms with Crippen molar-refractivity contribution >= 4 is 17.3 Å². The lowest BCUT2D eigenvalue weighted by molar-refractivity contribution is -0.117. The van der Waals surface area contributed by atoms with Gasteiger partial charge in [0.1, 0.15) is 0 Å². The van der Waals surface area contributed by atoms with Crippen LogP contribution in [0.5, 0.6) is 0 Å². The summed E-state index contributed by atoms with van der Waals surface area (Å²) in [5, 5.41) is 2.88. The van der Waals surface area contributed by atoms with Gasteiger partial charge in [0.15, 0.2) is 0 Å². The van der Waals surface area contributed by atoms with Gasteiger partial charge < -0.3 is 15.8 Å². The third kappa shape index (κ3) is 5.72. The molecule has 0 aliphatic rings. The smallest absolute Gasteiger partial charge is 0.238 e. The van der Waals surface area contributed by atoms with Gasteiger partial charge in [0.25, 0.3) is 0 Å². The second-order valence-electron chi connectivity index (χ2n) is 4.71. The number of ether oxygens (including phenoxy) is 1. The highest BCUT2D eigenvalue weighted by Gasteiger charge is 2.08. The fourth-order valence-electron chi connectivity index (χ4n) is 1.77. The number of benzene rings is 1. The number of carbonyl (C=O) groups is 1. The molecule has 1 aromatic carbocycles. The average molecular weight is 265 g/mol. The van der Waals surface area contributed by atoms with Gasteiger partial charge in [-0.3, -0.25) is 9.69 Å². The zero-order chi connectivity index (χ0) is 14.3. The molecule has 0 saturated heterocycles. The fourth-order valence-corrected chi connectivity index (χ4v) is 1.77. The van der Waals surface area contributed by atoms with Crippen molar-refractivity contribution in [2.45, 2.75) is 13.3 Å². The molecule has 1 amide bonds. The molecule has 0 heterocycles. The first-order valence-electron chi connectivity index (χ1n) is 6.36. The maximum Gasteiger partial charge on any atom is 0.238 e. The highest BCUT2D eigenvalue weighted by atomic mass is 16.5. The molecule has 5 nitrogen and oxygen atoms in total. The number of anilines is 2. The Balaban J connectivity index is 2.44. The molecule has 1 aromatic rings. The summed E-state index contributed by atoms with van der Waals surface area (Å²) < 4.78 is 4.98. The molecular weight excluding hydrogens is 242 g/mol. The van der Waals surface area contributed by atoms with Gasteiger partial charge in [-0.2, -0.15) is 0 Å². The van der Waals surface area contributed by atoms with Crippen LogP contribution in [-0.2, 0) is 9.53 Å². The lowest BCUT2D eigenvalue weighted by atomic mass is 10.2. The summed E-state index contributed by atoms with van der Waals surface area (Å²) in [7, 11) is 3.59. The average Bonchev–Trinajstić information content (AvgIpc) is 2.34. The number of nitrogen functional groups attached to an aromatic ring is 1. The second kappa shape index (κ2) is 7.76. The van der Waals surface area contributed by atoms with Crippen LogP contribution in [0.3, 0.4) is 0 Å². The number of likely N-dealkylation sites (N-methyl/N-ethyl adjacent to an activating group) is 1. The van der Waals surface area contributed by atoms with Crippen LogP contribution in [-0.4, -0.2) is 44.7 Å². The lowest BCUT2D eigenvalue weighted by Gasteiger charge is -2.16. The number of nitrogens with zero attached hydrogens (tertiary/aromatic N) is 1. The maximum absolute atomic E-state index is 11.9. The maximum atomic E-state index is 11.9. The SMILES string of the molecule is COCCCN(C)CC(=O)Nc1cc(N)ccc1C. The molecule has 5 heteroatoms. The molecule has 0 saturated carbocycles. The summed E-state index contributed by atoms with van der Waals surface area (Å²) in [4.78, 5) is 13.9. The van der Waals surface area contributed by atoms with Crippen LogP contribution in [0.2, 0.25) is 0 Å². The number of amides is 1. The minimum atomic E-state index is -0.0337. The van der Waals surface area contributed by atoms with E-state index >= 15 is 0 Å². The number of aryl methyl sites for hydroxylation is 1. The Morgan fingerprint density at radius 2 is 2.21 bits per heavy atom. The largest absolute Gasteiger partial charge is 0.399 e. The molecule has 106 valence electrons. The molecule has 0 aromatic heterocycles. The van der Waals surface area contributed by atoms with E-state index < -0.39 is 0 Å². The summed E-state index contributed by atoms with van der Waals surface area (Å²) in [6.07, 6.45) is 0.914. The van der Waals surface area contributed by atoms with E-state index in [1.165, 1.54) is 0 Å². The van der Waals surface area contributed by atoms with Gasteiger partial charge in [0.2, 0.25) is 5.91 Å².